The van der Waals surface area contributed by atoms with Crippen molar-refractivity contribution in [1.29, 1.82) is 0 Å². The molecular weight excluding hydrogens is 252 g/mol. The summed E-state index contributed by atoms with van der Waals surface area (Å²) in [6, 6.07) is 9.71. The van der Waals surface area contributed by atoms with Crippen LogP contribution in [0, 0.1) is 6.92 Å². The number of rotatable bonds is 5. The highest BCUT2D eigenvalue weighted by Crippen LogP contribution is 2.22. The Morgan fingerprint density at radius 2 is 2.05 bits per heavy atom. The van der Waals surface area contributed by atoms with Crippen LogP contribution in [0.4, 0.5) is 0 Å². The summed E-state index contributed by atoms with van der Waals surface area (Å²) in [7, 11) is 0. The van der Waals surface area contributed by atoms with Crippen molar-refractivity contribution in [2.24, 2.45) is 5.73 Å². The van der Waals surface area contributed by atoms with E-state index in [0.717, 1.165) is 12.3 Å². The summed E-state index contributed by atoms with van der Waals surface area (Å²) in [6.45, 7) is 6.66. The molecule has 1 heterocycles. The molecule has 2 nitrogen and oxygen atoms in total. The Morgan fingerprint density at radius 3 is 2.74 bits per heavy atom. The molecule has 1 aliphatic rings. The van der Waals surface area contributed by atoms with Gasteiger partial charge in [0.05, 0.1) is 0 Å². The molecule has 0 radical (unpaired) electrons. The zero-order chi connectivity index (χ0) is 13.7. The molecule has 0 aliphatic carbocycles. The Kier molecular flexibility index (Phi) is 5.74. The minimum atomic E-state index is 0.296. The van der Waals surface area contributed by atoms with E-state index in [4.69, 9.17) is 5.73 Å². The molecule has 0 bridgehead atoms. The summed E-state index contributed by atoms with van der Waals surface area (Å²) in [5, 5.41) is 0. The fraction of sp³-hybridized carbons (Fsp3) is 0.625. The van der Waals surface area contributed by atoms with Crippen LogP contribution in [-0.2, 0) is 0 Å². The maximum Gasteiger partial charge on any atom is 0.0244 e. The van der Waals surface area contributed by atoms with Crippen molar-refractivity contribution in [3.05, 3.63) is 29.8 Å². The van der Waals surface area contributed by atoms with E-state index in [9.17, 15) is 0 Å². The van der Waals surface area contributed by atoms with E-state index in [2.05, 4.69) is 43.0 Å². The maximum absolute atomic E-state index is 6.11. The van der Waals surface area contributed by atoms with Gasteiger partial charge in [0.2, 0.25) is 0 Å². The molecule has 2 atom stereocenters. The molecule has 1 aromatic rings. The van der Waals surface area contributed by atoms with E-state index in [0.29, 0.717) is 12.1 Å². The summed E-state index contributed by atoms with van der Waals surface area (Å²) < 4.78 is 0. The summed E-state index contributed by atoms with van der Waals surface area (Å²) in [4.78, 5) is 3.97. The lowest BCUT2D eigenvalue weighted by Crippen LogP contribution is -2.49. The van der Waals surface area contributed by atoms with Crippen LogP contribution in [0.25, 0.3) is 0 Å². The first-order valence-corrected chi connectivity index (χ1v) is 8.34. The number of likely N-dealkylation sites (tertiary alicyclic amines) is 1. The van der Waals surface area contributed by atoms with Gasteiger partial charge in [0.25, 0.3) is 0 Å². The van der Waals surface area contributed by atoms with Crippen molar-refractivity contribution >= 4 is 11.8 Å². The molecule has 3 heteroatoms. The minimum absolute atomic E-state index is 0.296. The zero-order valence-electron chi connectivity index (χ0n) is 12.1. The average Bonchev–Trinajstić information content (AvgIpc) is 2.41. The molecule has 1 saturated heterocycles. The molecule has 0 spiro atoms. The highest BCUT2D eigenvalue weighted by Gasteiger charge is 2.24. The highest BCUT2D eigenvalue weighted by atomic mass is 32.2. The van der Waals surface area contributed by atoms with Crippen LogP contribution in [0.15, 0.2) is 29.2 Å². The molecule has 19 heavy (non-hydrogen) atoms. The minimum Gasteiger partial charge on any atom is -0.327 e. The zero-order valence-corrected chi connectivity index (χ0v) is 13.0. The topological polar surface area (TPSA) is 29.3 Å². The van der Waals surface area contributed by atoms with E-state index in [-0.39, 0.29) is 0 Å². The molecule has 1 aromatic carbocycles. The summed E-state index contributed by atoms with van der Waals surface area (Å²) in [6.07, 6.45) is 3.94. The summed E-state index contributed by atoms with van der Waals surface area (Å²) in [5.74, 6) is 1.16. The maximum atomic E-state index is 6.11. The third kappa shape index (κ3) is 4.51. The normalized spacial score (nSPS) is 22.4. The molecule has 0 amide bonds. The largest absolute Gasteiger partial charge is 0.327 e. The van der Waals surface area contributed by atoms with Gasteiger partial charge < -0.3 is 5.73 Å². The molecule has 2 N–H and O–H groups in total. The second-order valence-corrected chi connectivity index (χ2v) is 6.79. The molecule has 0 saturated carbocycles. The van der Waals surface area contributed by atoms with Crippen LogP contribution in [0.3, 0.4) is 0 Å². The van der Waals surface area contributed by atoms with E-state index in [1.807, 2.05) is 11.8 Å². The lowest BCUT2D eigenvalue weighted by molar-refractivity contribution is 0.139. The number of nitrogens with two attached hydrogens (primary N) is 1. The van der Waals surface area contributed by atoms with Gasteiger partial charge in [0.15, 0.2) is 0 Å². The van der Waals surface area contributed by atoms with Crippen LogP contribution < -0.4 is 5.73 Å². The highest BCUT2D eigenvalue weighted by molar-refractivity contribution is 7.99. The number of hydrogen-bond donors (Lipinski definition) is 1. The lowest BCUT2D eigenvalue weighted by Gasteiger charge is -2.38. The quantitative estimate of drug-likeness (QED) is 0.838. The monoisotopic (exact) mass is 278 g/mol. The number of nitrogens with zero attached hydrogens (tertiary/aromatic N) is 1. The van der Waals surface area contributed by atoms with Gasteiger partial charge in [-0.05, 0) is 45.4 Å². The van der Waals surface area contributed by atoms with E-state index < -0.39 is 0 Å². The van der Waals surface area contributed by atoms with E-state index >= 15 is 0 Å². The Labute approximate surface area is 121 Å². The smallest absolute Gasteiger partial charge is 0.0244 e. The number of piperidine rings is 1. The van der Waals surface area contributed by atoms with Gasteiger partial charge >= 0.3 is 0 Å². The molecular formula is C16H26N2S. The Balaban J connectivity index is 1.79. The van der Waals surface area contributed by atoms with Gasteiger partial charge in [-0.2, -0.15) is 0 Å². The fourth-order valence-electron chi connectivity index (χ4n) is 2.81. The summed E-state index contributed by atoms with van der Waals surface area (Å²) >= 11 is 1.95. The van der Waals surface area contributed by atoms with Gasteiger partial charge in [-0.25, -0.2) is 0 Å². The van der Waals surface area contributed by atoms with E-state index in [1.54, 1.807) is 0 Å². The number of thioether (sulfide) groups is 1. The third-order valence-corrected chi connectivity index (χ3v) is 4.93. The van der Waals surface area contributed by atoms with Crippen LogP contribution in [0.1, 0.15) is 31.7 Å². The molecule has 1 aliphatic heterocycles. The van der Waals surface area contributed by atoms with Crippen LogP contribution in [0.5, 0.6) is 0 Å². The van der Waals surface area contributed by atoms with Crippen LogP contribution in [0.2, 0.25) is 0 Å². The third-order valence-electron chi connectivity index (χ3n) is 3.94. The Bertz CT molecular complexity index is 375. The van der Waals surface area contributed by atoms with Crippen LogP contribution in [-0.4, -0.2) is 35.8 Å². The van der Waals surface area contributed by atoms with Gasteiger partial charge in [0, 0.05) is 29.3 Å². The lowest BCUT2D eigenvalue weighted by atomic mass is 9.97. The Morgan fingerprint density at radius 1 is 1.32 bits per heavy atom. The SMILES string of the molecule is Cc1ccc(SCCN2CCCCC2C(C)N)cc1. The number of hydrogen-bond acceptors (Lipinski definition) is 3. The first-order chi connectivity index (χ1) is 9.16. The van der Waals surface area contributed by atoms with Crippen molar-refractivity contribution in [3.8, 4) is 0 Å². The second-order valence-electron chi connectivity index (χ2n) is 5.62. The van der Waals surface area contributed by atoms with Crippen molar-refractivity contribution in [3.63, 3.8) is 0 Å². The van der Waals surface area contributed by atoms with Gasteiger partial charge in [-0.1, -0.05) is 24.1 Å². The first-order valence-electron chi connectivity index (χ1n) is 7.36. The Hall–Kier alpha value is -0.510. The van der Waals surface area contributed by atoms with Gasteiger partial charge in [0.1, 0.15) is 0 Å². The van der Waals surface area contributed by atoms with Crippen molar-refractivity contribution in [2.45, 2.75) is 50.1 Å². The van der Waals surface area contributed by atoms with Gasteiger partial charge in [-0.3, -0.25) is 4.90 Å². The molecule has 1 fully saturated rings. The van der Waals surface area contributed by atoms with Crippen LogP contribution >= 0.6 is 11.8 Å². The molecule has 2 unspecified atom stereocenters. The van der Waals surface area contributed by atoms with Crippen molar-refractivity contribution in [2.75, 3.05) is 18.8 Å². The first kappa shape index (κ1) is 14.9. The fourth-order valence-corrected chi connectivity index (χ4v) is 3.70. The number of benzene rings is 1. The molecule has 2 rings (SSSR count). The summed E-state index contributed by atoms with van der Waals surface area (Å²) in [5.41, 5.74) is 7.44. The number of aryl methyl sites for hydroxylation is 1. The van der Waals surface area contributed by atoms with Crippen molar-refractivity contribution in [1.82, 2.24) is 4.90 Å². The van der Waals surface area contributed by atoms with Gasteiger partial charge in [-0.15, -0.1) is 11.8 Å². The standard InChI is InChI=1S/C16H26N2S/c1-13-6-8-15(9-7-13)19-12-11-18-10-4-3-5-16(18)14(2)17/h6-9,14,16H,3-5,10-12,17H2,1-2H3. The predicted octanol–water partition coefficient (Wildman–Crippen LogP) is 3.29. The molecule has 106 valence electrons. The average molecular weight is 278 g/mol. The van der Waals surface area contributed by atoms with E-state index in [1.165, 1.54) is 36.3 Å². The second kappa shape index (κ2) is 7.32. The molecule has 0 aromatic heterocycles. The predicted molar refractivity (Wildman–Crippen MR) is 84.8 cm³/mol. The van der Waals surface area contributed by atoms with Crippen molar-refractivity contribution < 1.29 is 0 Å².